The summed E-state index contributed by atoms with van der Waals surface area (Å²) < 4.78 is 1.13. The molecule has 0 fully saturated rings. The van der Waals surface area contributed by atoms with Crippen molar-refractivity contribution in [2.45, 2.75) is 38.9 Å². The molecule has 2 heterocycles. The number of pyridine rings is 1. The van der Waals surface area contributed by atoms with Gasteiger partial charge in [-0.1, -0.05) is 133 Å². The number of anilines is 1. The average Bonchev–Trinajstić information content (AvgIpc) is 3.45. The fourth-order valence-corrected chi connectivity index (χ4v) is 6.40. The van der Waals surface area contributed by atoms with Gasteiger partial charge in [0.15, 0.2) is 5.15 Å². The van der Waals surface area contributed by atoms with Gasteiger partial charge in [-0.05, 0) is 35.6 Å². The highest BCUT2D eigenvalue weighted by molar-refractivity contribution is 8.01. The molecular formula is C37H48ClN5S. The number of hydrogen-bond acceptors (Lipinski definition) is 5. The van der Waals surface area contributed by atoms with Crippen LogP contribution < -0.4 is 4.90 Å². The summed E-state index contributed by atoms with van der Waals surface area (Å²) in [7, 11) is 3.69. The topological polar surface area (TPSA) is 46.3 Å². The summed E-state index contributed by atoms with van der Waals surface area (Å²) in [5, 5.41) is 4.83. The lowest BCUT2D eigenvalue weighted by Gasteiger charge is -2.40. The summed E-state index contributed by atoms with van der Waals surface area (Å²) in [6, 6.07) is 3.77. The van der Waals surface area contributed by atoms with Crippen molar-refractivity contribution in [1.29, 1.82) is 0 Å². The molecule has 0 saturated heterocycles. The van der Waals surface area contributed by atoms with Crippen molar-refractivity contribution in [3.8, 4) is 5.69 Å². The van der Waals surface area contributed by atoms with E-state index in [1.807, 2.05) is 68.4 Å². The van der Waals surface area contributed by atoms with Crippen molar-refractivity contribution < 1.29 is 0 Å². The predicted octanol–water partition coefficient (Wildman–Crippen LogP) is 10.2. The summed E-state index contributed by atoms with van der Waals surface area (Å²) in [5.41, 5.74) is 5.04. The summed E-state index contributed by atoms with van der Waals surface area (Å²) in [6.45, 7) is 29.0. The fourth-order valence-electron chi connectivity index (χ4n) is 4.50. The van der Waals surface area contributed by atoms with Crippen molar-refractivity contribution in [2.24, 2.45) is 10.9 Å². The Morgan fingerprint density at radius 2 is 1.77 bits per heavy atom. The van der Waals surface area contributed by atoms with Crippen molar-refractivity contribution in [3.05, 3.63) is 146 Å². The van der Waals surface area contributed by atoms with E-state index in [0.717, 1.165) is 29.0 Å². The second-order valence-electron chi connectivity index (χ2n) is 9.29. The van der Waals surface area contributed by atoms with E-state index in [2.05, 4.69) is 86.1 Å². The first-order valence-corrected chi connectivity index (χ1v) is 16.0. The van der Waals surface area contributed by atoms with Crippen LogP contribution in [0.5, 0.6) is 0 Å². The quantitative estimate of drug-likeness (QED) is 0.129. The molecular weight excluding hydrogens is 582 g/mol. The summed E-state index contributed by atoms with van der Waals surface area (Å²) in [6.07, 6.45) is 26.1. The molecule has 0 aliphatic carbocycles. The molecule has 0 aliphatic rings. The molecule has 44 heavy (non-hydrogen) atoms. The first-order chi connectivity index (χ1) is 21.2. The molecule has 0 spiro atoms. The lowest BCUT2D eigenvalue weighted by molar-refractivity contribution is 0.621. The minimum absolute atomic E-state index is 0.0358. The Kier molecular flexibility index (Phi) is 17.5. The van der Waals surface area contributed by atoms with Crippen LogP contribution in [0.15, 0.2) is 146 Å². The number of halogens is 1. The standard InChI is InChI=1S/C35H42ClN5S.C2H6/c1-10-15-16-17-21-27(6)35(29(13-4)19-11-2,30(14-5)20-12-3)42-26-32(37-8)28(7)40(9)33-25-41(39-34(33)36)31-22-18-23-38-24-31;1-2/h11-25,27H,2-5,7,10,26H2,1,6,8-9H3;1-2H3/b16-15-,21-17-,29-19+,30-20+,37-32?;. The van der Waals surface area contributed by atoms with Crippen molar-refractivity contribution in [2.75, 3.05) is 24.7 Å². The second-order valence-corrected chi connectivity index (χ2v) is 10.9. The highest BCUT2D eigenvalue weighted by atomic mass is 35.5. The molecule has 0 aliphatic heterocycles. The average molecular weight is 630 g/mol. The lowest BCUT2D eigenvalue weighted by atomic mass is 9.78. The van der Waals surface area contributed by atoms with Crippen molar-refractivity contribution in [1.82, 2.24) is 14.8 Å². The van der Waals surface area contributed by atoms with E-state index in [9.17, 15) is 0 Å². The molecule has 0 amide bonds. The summed E-state index contributed by atoms with van der Waals surface area (Å²) >= 11 is 8.32. The van der Waals surface area contributed by atoms with Crippen LogP contribution in [0.2, 0.25) is 5.15 Å². The largest absolute Gasteiger partial charge is 0.340 e. The first kappa shape index (κ1) is 38.2. The second kappa shape index (κ2) is 20.2. The molecule has 0 bridgehead atoms. The van der Waals surface area contributed by atoms with E-state index < -0.39 is 4.75 Å². The third-order valence-corrected chi connectivity index (χ3v) is 8.77. The Balaban J connectivity index is 0.00000474. The van der Waals surface area contributed by atoms with Gasteiger partial charge in [0.2, 0.25) is 0 Å². The van der Waals surface area contributed by atoms with Gasteiger partial charge in [0.05, 0.1) is 39.9 Å². The van der Waals surface area contributed by atoms with Crippen LogP contribution in [-0.4, -0.2) is 45.1 Å². The first-order valence-electron chi connectivity index (χ1n) is 14.7. The Morgan fingerprint density at radius 3 is 2.27 bits per heavy atom. The maximum absolute atomic E-state index is 6.58. The third-order valence-electron chi connectivity index (χ3n) is 6.78. The zero-order valence-corrected chi connectivity index (χ0v) is 28.8. The maximum atomic E-state index is 6.58. The van der Waals surface area contributed by atoms with Gasteiger partial charge in [-0.3, -0.25) is 9.98 Å². The number of nitrogens with zero attached hydrogens (tertiary/aromatic N) is 5. The Bertz CT molecular complexity index is 1380. The molecule has 2 aromatic heterocycles. The smallest absolute Gasteiger partial charge is 0.175 e. The van der Waals surface area contributed by atoms with Gasteiger partial charge in [-0.25, -0.2) is 4.68 Å². The maximum Gasteiger partial charge on any atom is 0.175 e. The molecule has 1 unspecified atom stereocenters. The van der Waals surface area contributed by atoms with Gasteiger partial charge in [0.1, 0.15) is 0 Å². The van der Waals surface area contributed by atoms with Gasteiger partial charge in [-0.2, -0.15) is 5.10 Å². The predicted molar refractivity (Wildman–Crippen MR) is 198 cm³/mol. The van der Waals surface area contributed by atoms with Gasteiger partial charge in [0, 0.05) is 26.0 Å². The minimum atomic E-state index is -0.569. The van der Waals surface area contributed by atoms with E-state index in [4.69, 9.17) is 11.6 Å². The molecule has 0 radical (unpaired) electrons. The Labute approximate surface area is 275 Å². The van der Waals surface area contributed by atoms with Gasteiger partial charge in [-0.15, -0.1) is 11.8 Å². The normalized spacial score (nSPS) is 14.4. The summed E-state index contributed by atoms with van der Waals surface area (Å²) in [5.74, 6) is 0.579. The van der Waals surface area contributed by atoms with E-state index in [0.29, 0.717) is 22.3 Å². The molecule has 2 rings (SSSR count). The molecule has 0 N–H and O–H groups in total. The number of thioether (sulfide) groups is 1. The zero-order chi connectivity index (χ0) is 33.1. The van der Waals surface area contributed by atoms with E-state index >= 15 is 0 Å². The molecule has 7 heteroatoms. The van der Waals surface area contributed by atoms with Crippen molar-refractivity contribution >= 4 is 34.8 Å². The van der Waals surface area contributed by atoms with Crippen LogP contribution in [0.1, 0.15) is 34.1 Å². The Morgan fingerprint density at radius 1 is 1.14 bits per heavy atom. The zero-order valence-electron chi connectivity index (χ0n) is 27.2. The van der Waals surface area contributed by atoms with Gasteiger partial charge >= 0.3 is 0 Å². The highest BCUT2D eigenvalue weighted by Gasteiger charge is 2.41. The molecule has 1 atom stereocenters. The molecule has 0 saturated carbocycles. The van der Waals surface area contributed by atoms with Crippen LogP contribution >= 0.6 is 23.4 Å². The van der Waals surface area contributed by atoms with Crippen molar-refractivity contribution in [3.63, 3.8) is 0 Å². The van der Waals surface area contributed by atoms with E-state index in [1.54, 1.807) is 48.0 Å². The van der Waals surface area contributed by atoms with Crippen LogP contribution in [0.25, 0.3) is 5.69 Å². The number of rotatable bonds is 17. The van der Waals surface area contributed by atoms with Crippen LogP contribution in [0.4, 0.5) is 5.69 Å². The SMILES string of the molecule is C=C/C=C(\C=C)C(SCC(=NC)C(=C)N(C)c1cn(-c2cccnc2)nc1Cl)(/C(C=C)=C/C=C)C(C)/C=C\C=C/CC.CC. The van der Waals surface area contributed by atoms with Crippen LogP contribution in [0, 0.1) is 5.92 Å². The number of aliphatic imine (C=N–C) groups is 1. The van der Waals surface area contributed by atoms with Crippen LogP contribution in [-0.2, 0) is 0 Å². The number of aromatic nitrogens is 3. The van der Waals surface area contributed by atoms with Gasteiger partial charge < -0.3 is 4.90 Å². The fraction of sp³-hybridized carbons (Fsp3) is 0.270. The third kappa shape index (κ3) is 9.57. The molecule has 2 aromatic rings. The van der Waals surface area contributed by atoms with Gasteiger partial charge in [0.25, 0.3) is 0 Å². The van der Waals surface area contributed by atoms with Crippen LogP contribution in [0.3, 0.4) is 0 Å². The molecule has 234 valence electrons. The molecule has 0 aromatic carbocycles. The number of allylic oxidation sites excluding steroid dienone is 11. The van der Waals surface area contributed by atoms with E-state index in [-0.39, 0.29) is 5.92 Å². The lowest BCUT2D eigenvalue weighted by Crippen LogP contribution is -2.37. The number of hydrogen-bond donors (Lipinski definition) is 0. The monoisotopic (exact) mass is 629 g/mol. The highest BCUT2D eigenvalue weighted by Crippen LogP contribution is 2.48. The minimum Gasteiger partial charge on any atom is -0.340 e. The van der Waals surface area contributed by atoms with E-state index in [1.165, 1.54) is 0 Å². The summed E-state index contributed by atoms with van der Waals surface area (Å²) in [4.78, 5) is 10.7. The Hall–Kier alpha value is -3.87. The molecule has 5 nitrogen and oxygen atoms in total.